The Morgan fingerprint density at radius 2 is 2.18 bits per heavy atom. The quantitative estimate of drug-likeness (QED) is 0.565. The third-order valence-corrected chi connectivity index (χ3v) is 2.20. The Labute approximate surface area is 68.4 Å². The first-order valence-electron chi connectivity index (χ1n) is 4.26. The molecule has 64 valence electrons. The molecule has 1 aliphatic rings. The highest BCUT2D eigenvalue weighted by molar-refractivity contribution is 5.76. The van der Waals surface area contributed by atoms with Crippen molar-refractivity contribution in [3.05, 3.63) is 0 Å². The number of carbonyl (C=O) groups excluding carboxylic acids is 1. The van der Waals surface area contributed by atoms with Crippen LogP contribution in [0.15, 0.2) is 0 Å². The second kappa shape index (κ2) is 2.84. The summed E-state index contributed by atoms with van der Waals surface area (Å²) in [5.74, 6) is 0.746. The molecule has 0 spiro atoms. The Morgan fingerprint density at radius 1 is 1.55 bits per heavy atom. The van der Waals surface area contributed by atoms with Crippen molar-refractivity contribution < 1.29 is 4.79 Å². The first-order chi connectivity index (χ1) is 4.99. The Bertz CT molecular complexity index is 163. The van der Waals surface area contributed by atoms with E-state index in [9.17, 15) is 4.79 Å². The monoisotopic (exact) mass is 155 g/mol. The molecule has 0 aromatic rings. The molecule has 0 radical (unpaired) electrons. The lowest BCUT2D eigenvalue weighted by Crippen LogP contribution is -2.30. The van der Waals surface area contributed by atoms with Gasteiger partial charge in [-0.3, -0.25) is 4.79 Å². The highest BCUT2D eigenvalue weighted by Crippen LogP contribution is 2.28. The number of rotatable bonds is 0. The molecule has 2 nitrogen and oxygen atoms in total. The van der Waals surface area contributed by atoms with Gasteiger partial charge in [-0.2, -0.15) is 0 Å². The zero-order valence-electron chi connectivity index (χ0n) is 7.61. The zero-order valence-corrected chi connectivity index (χ0v) is 7.61. The molecule has 1 N–H and O–H groups in total. The zero-order chi connectivity index (χ0) is 8.48. The number of hydrogen-bond donors (Lipinski definition) is 1. The van der Waals surface area contributed by atoms with Crippen molar-refractivity contribution in [2.24, 2.45) is 11.3 Å². The smallest absolute Gasteiger partial charge is 0.220 e. The molecule has 1 fully saturated rings. The third kappa shape index (κ3) is 2.52. The summed E-state index contributed by atoms with van der Waals surface area (Å²) in [5.41, 5.74) is 0.283. The Balaban J connectivity index is 2.60. The second-order valence-corrected chi connectivity index (χ2v) is 4.45. The standard InChI is InChI=1S/C9H17NO/c1-7-4-8(11)10-6-9(2,3)5-7/h7H,4-6H2,1-3H3,(H,10,11). The van der Waals surface area contributed by atoms with Crippen LogP contribution in [0.1, 0.15) is 33.6 Å². The molecule has 1 heterocycles. The summed E-state index contributed by atoms with van der Waals surface area (Å²) in [7, 11) is 0. The van der Waals surface area contributed by atoms with Gasteiger partial charge in [0.15, 0.2) is 0 Å². The average Bonchev–Trinajstić information content (AvgIpc) is 1.90. The van der Waals surface area contributed by atoms with Crippen molar-refractivity contribution in [1.29, 1.82) is 0 Å². The minimum Gasteiger partial charge on any atom is -0.356 e. The van der Waals surface area contributed by atoms with Crippen LogP contribution >= 0.6 is 0 Å². The summed E-state index contributed by atoms with van der Waals surface area (Å²) in [6.07, 6.45) is 1.84. The fourth-order valence-electron chi connectivity index (χ4n) is 1.81. The maximum absolute atomic E-state index is 11.1. The average molecular weight is 155 g/mol. The predicted octanol–water partition coefficient (Wildman–Crippen LogP) is 1.56. The lowest BCUT2D eigenvalue weighted by atomic mass is 9.84. The van der Waals surface area contributed by atoms with Gasteiger partial charge in [-0.25, -0.2) is 0 Å². The van der Waals surface area contributed by atoms with E-state index in [1.165, 1.54) is 0 Å². The molecule has 0 aromatic heterocycles. The van der Waals surface area contributed by atoms with E-state index in [2.05, 4.69) is 26.1 Å². The van der Waals surface area contributed by atoms with Crippen LogP contribution in [-0.2, 0) is 4.79 Å². The molecule has 0 saturated carbocycles. The number of amides is 1. The van der Waals surface area contributed by atoms with Gasteiger partial charge >= 0.3 is 0 Å². The lowest BCUT2D eigenvalue weighted by Gasteiger charge is -2.23. The normalized spacial score (nSPS) is 30.8. The van der Waals surface area contributed by atoms with Gasteiger partial charge in [0.25, 0.3) is 0 Å². The molecule has 0 bridgehead atoms. The fourth-order valence-corrected chi connectivity index (χ4v) is 1.81. The molecule has 1 atom stereocenters. The largest absolute Gasteiger partial charge is 0.356 e. The van der Waals surface area contributed by atoms with Crippen LogP contribution in [0, 0.1) is 11.3 Å². The summed E-state index contributed by atoms with van der Waals surface area (Å²) in [5, 5.41) is 2.93. The van der Waals surface area contributed by atoms with Crippen molar-refractivity contribution in [2.75, 3.05) is 6.54 Å². The first kappa shape index (κ1) is 8.57. The number of nitrogens with one attached hydrogen (secondary N) is 1. The van der Waals surface area contributed by atoms with Crippen LogP contribution in [0.4, 0.5) is 0 Å². The number of hydrogen-bond acceptors (Lipinski definition) is 1. The van der Waals surface area contributed by atoms with E-state index in [-0.39, 0.29) is 11.3 Å². The van der Waals surface area contributed by atoms with E-state index in [1.54, 1.807) is 0 Å². The second-order valence-electron chi connectivity index (χ2n) is 4.45. The molecule has 1 aliphatic heterocycles. The molecule has 0 aliphatic carbocycles. The molecule has 11 heavy (non-hydrogen) atoms. The van der Waals surface area contributed by atoms with Crippen LogP contribution in [0.2, 0.25) is 0 Å². The summed E-state index contributed by atoms with van der Waals surface area (Å²) in [6, 6.07) is 0. The SMILES string of the molecule is CC1CC(=O)NCC(C)(C)C1. The highest BCUT2D eigenvalue weighted by Gasteiger charge is 2.26. The lowest BCUT2D eigenvalue weighted by molar-refractivity contribution is -0.121. The Morgan fingerprint density at radius 3 is 2.82 bits per heavy atom. The Kier molecular flexibility index (Phi) is 2.21. The first-order valence-corrected chi connectivity index (χ1v) is 4.26. The van der Waals surface area contributed by atoms with Crippen molar-refractivity contribution in [1.82, 2.24) is 5.32 Å². The molecule has 1 saturated heterocycles. The molecule has 1 amide bonds. The van der Waals surface area contributed by atoms with Gasteiger partial charge in [0.1, 0.15) is 0 Å². The van der Waals surface area contributed by atoms with Crippen LogP contribution in [-0.4, -0.2) is 12.5 Å². The van der Waals surface area contributed by atoms with Crippen molar-refractivity contribution in [3.63, 3.8) is 0 Å². The van der Waals surface area contributed by atoms with E-state index < -0.39 is 0 Å². The fraction of sp³-hybridized carbons (Fsp3) is 0.889. The maximum Gasteiger partial charge on any atom is 0.220 e. The van der Waals surface area contributed by atoms with Gasteiger partial charge < -0.3 is 5.32 Å². The van der Waals surface area contributed by atoms with Crippen LogP contribution < -0.4 is 5.32 Å². The van der Waals surface area contributed by atoms with Gasteiger partial charge in [0.2, 0.25) is 5.91 Å². The Hall–Kier alpha value is -0.530. The van der Waals surface area contributed by atoms with Gasteiger partial charge in [-0.15, -0.1) is 0 Å². The van der Waals surface area contributed by atoms with Crippen LogP contribution in [0.5, 0.6) is 0 Å². The van der Waals surface area contributed by atoms with Gasteiger partial charge in [-0.05, 0) is 17.8 Å². The topological polar surface area (TPSA) is 29.1 Å². The molecular weight excluding hydrogens is 138 g/mol. The van der Waals surface area contributed by atoms with Crippen molar-refractivity contribution in [2.45, 2.75) is 33.6 Å². The van der Waals surface area contributed by atoms with Crippen LogP contribution in [0.25, 0.3) is 0 Å². The number of carbonyl (C=O) groups is 1. The molecule has 1 unspecified atom stereocenters. The summed E-state index contributed by atoms with van der Waals surface area (Å²) < 4.78 is 0. The molecule has 2 heteroatoms. The van der Waals surface area contributed by atoms with Crippen molar-refractivity contribution >= 4 is 5.91 Å². The third-order valence-electron chi connectivity index (χ3n) is 2.20. The van der Waals surface area contributed by atoms with E-state index in [1.807, 2.05) is 0 Å². The summed E-state index contributed by atoms with van der Waals surface area (Å²) >= 11 is 0. The van der Waals surface area contributed by atoms with Gasteiger partial charge in [-0.1, -0.05) is 20.8 Å². The maximum atomic E-state index is 11.1. The summed E-state index contributed by atoms with van der Waals surface area (Å²) in [6.45, 7) is 7.38. The van der Waals surface area contributed by atoms with Crippen molar-refractivity contribution in [3.8, 4) is 0 Å². The summed E-state index contributed by atoms with van der Waals surface area (Å²) in [4.78, 5) is 11.1. The predicted molar refractivity (Wildman–Crippen MR) is 45.2 cm³/mol. The molecular formula is C9H17NO. The van der Waals surface area contributed by atoms with Crippen LogP contribution in [0.3, 0.4) is 0 Å². The van der Waals surface area contributed by atoms with Gasteiger partial charge in [0, 0.05) is 13.0 Å². The minimum absolute atomic E-state index is 0.211. The molecule has 1 rings (SSSR count). The van der Waals surface area contributed by atoms with E-state index in [0.717, 1.165) is 13.0 Å². The van der Waals surface area contributed by atoms with E-state index >= 15 is 0 Å². The minimum atomic E-state index is 0.211. The van der Waals surface area contributed by atoms with E-state index in [0.29, 0.717) is 12.3 Å². The van der Waals surface area contributed by atoms with Gasteiger partial charge in [0.05, 0.1) is 0 Å². The molecule has 0 aromatic carbocycles. The van der Waals surface area contributed by atoms with E-state index in [4.69, 9.17) is 0 Å². The highest BCUT2D eigenvalue weighted by atomic mass is 16.1.